The fraction of sp³-hybridized carbons (Fsp3) is 0.733. The van der Waals surface area contributed by atoms with Crippen molar-refractivity contribution in [1.29, 1.82) is 0 Å². The third-order valence-corrected chi connectivity index (χ3v) is 10.9. The molecule has 5 nitrogen and oxygen atoms in total. The lowest BCUT2D eigenvalue weighted by Gasteiger charge is -2.62. The van der Waals surface area contributed by atoms with Crippen molar-refractivity contribution in [2.45, 2.75) is 91.1 Å². The summed E-state index contributed by atoms with van der Waals surface area (Å²) in [6, 6.07) is 8.70. The van der Waals surface area contributed by atoms with Gasteiger partial charge in [-0.1, -0.05) is 27.7 Å². The van der Waals surface area contributed by atoms with E-state index < -0.39 is 0 Å². The Bertz CT molecular complexity index is 974. The molecular weight excluding hydrogens is 436 g/mol. The summed E-state index contributed by atoms with van der Waals surface area (Å²) in [4.78, 5) is 30.4. The second-order valence-corrected chi connectivity index (χ2v) is 12.7. The van der Waals surface area contributed by atoms with Crippen molar-refractivity contribution in [3.63, 3.8) is 0 Å². The van der Waals surface area contributed by atoms with Crippen molar-refractivity contribution in [3.8, 4) is 5.75 Å². The van der Waals surface area contributed by atoms with Gasteiger partial charge in [0.25, 0.3) is 0 Å². The molecule has 192 valence electrons. The van der Waals surface area contributed by atoms with Gasteiger partial charge in [-0.15, -0.1) is 0 Å². The second kappa shape index (κ2) is 8.81. The van der Waals surface area contributed by atoms with Gasteiger partial charge in [0.2, 0.25) is 11.8 Å². The van der Waals surface area contributed by atoms with Crippen molar-refractivity contribution in [2.75, 3.05) is 19.1 Å². The summed E-state index contributed by atoms with van der Waals surface area (Å²) < 4.78 is 5.39. The topological polar surface area (TPSA) is 49.9 Å². The molecule has 1 aromatic rings. The van der Waals surface area contributed by atoms with Crippen molar-refractivity contribution in [2.24, 2.45) is 34.5 Å². The molecule has 1 aromatic carbocycles. The molecule has 2 amide bonds. The number of piperidine rings is 1. The summed E-state index contributed by atoms with van der Waals surface area (Å²) >= 11 is 0. The third kappa shape index (κ3) is 3.71. The number of nitrogens with zero attached hydrogens (tertiary/aromatic N) is 2. The zero-order chi connectivity index (χ0) is 25.1. The lowest BCUT2D eigenvalue weighted by atomic mass is 9.47. The molecule has 4 fully saturated rings. The molecule has 0 N–H and O–H groups in total. The molecule has 5 heteroatoms. The van der Waals surface area contributed by atoms with E-state index in [4.69, 9.17) is 4.74 Å². The first-order chi connectivity index (χ1) is 16.6. The number of ether oxygens (including phenoxy) is 1. The average Bonchev–Trinajstić information content (AvgIpc) is 3.19. The fourth-order valence-electron chi connectivity index (χ4n) is 9.03. The number of rotatable bonds is 4. The lowest BCUT2D eigenvalue weighted by molar-refractivity contribution is -0.157. The van der Waals surface area contributed by atoms with Gasteiger partial charge in [0.05, 0.1) is 7.11 Å². The largest absolute Gasteiger partial charge is 0.497 e. The van der Waals surface area contributed by atoms with Gasteiger partial charge in [0, 0.05) is 37.2 Å². The van der Waals surface area contributed by atoms with Crippen LogP contribution < -0.4 is 9.64 Å². The van der Waals surface area contributed by atoms with Crippen molar-refractivity contribution in [1.82, 2.24) is 4.90 Å². The maximum absolute atomic E-state index is 13.6. The van der Waals surface area contributed by atoms with Crippen LogP contribution in [0.5, 0.6) is 5.75 Å². The van der Waals surface area contributed by atoms with Crippen LogP contribution >= 0.6 is 0 Å². The molecule has 1 saturated heterocycles. The molecule has 3 aliphatic carbocycles. The monoisotopic (exact) mass is 480 g/mol. The van der Waals surface area contributed by atoms with Crippen molar-refractivity contribution >= 4 is 17.5 Å². The minimum Gasteiger partial charge on any atom is -0.497 e. The molecule has 1 aliphatic heterocycles. The first-order valence-corrected chi connectivity index (χ1v) is 13.8. The summed E-state index contributed by atoms with van der Waals surface area (Å²) in [5.41, 5.74) is 1.36. The molecule has 0 aromatic heterocycles. The van der Waals surface area contributed by atoms with Gasteiger partial charge in [-0.25, -0.2) is 0 Å². The Morgan fingerprint density at radius 2 is 1.69 bits per heavy atom. The Labute approximate surface area is 211 Å². The molecule has 3 unspecified atom stereocenters. The predicted molar refractivity (Wildman–Crippen MR) is 139 cm³/mol. The smallest absolute Gasteiger partial charge is 0.229 e. The number of methoxy groups -OCH3 is 1. The third-order valence-electron chi connectivity index (χ3n) is 10.9. The highest BCUT2D eigenvalue weighted by molar-refractivity contribution is 5.95. The molecular formula is C30H44N2O3. The van der Waals surface area contributed by atoms with E-state index in [1.807, 2.05) is 33.0 Å². The quantitative estimate of drug-likeness (QED) is 0.538. The molecule has 3 saturated carbocycles. The summed E-state index contributed by atoms with van der Waals surface area (Å²) in [6.45, 7) is 9.01. The normalized spacial score (nSPS) is 38.5. The Morgan fingerprint density at radius 1 is 1.00 bits per heavy atom. The minimum absolute atomic E-state index is 0.0410. The highest BCUT2D eigenvalue weighted by Gasteiger charge is 2.62. The van der Waals surface area contributed by atoms with E-state index in [2.05, 4.69) is 35.8 Å². The number of fused-ring (bicyclic) bond motifs is 5. The number of carbonyl (C=O) groups excluding carboxylic acids is 2. The molecule has 0 spiro atoms. The minimum atomic E-state index is -0.0410. The highest BCUT2D eigenvalue weighted by Crippen LogP contribution is 2.65. The van der Waals surface area contributed by atoms with E-state index in [0.29, 0.717) is 36.1 Å². The van der Waals surface area contributed by atoms with E-state index in [1.54, 1.807) is 7.11 Å². The van der Waals surface area contributed by atoms with Gasteiger partial charge in [-0.05, 0) is 97.8 Å². The lowest BCUT2D eigenvalue weighted by Crippen LogP contribution is -2.62. The number of amides is 2. The number of hydrogen-bond donors (Lipinski definition) is 0. The Kier molecular flexibility index (Phi) is 6.21. The Morgan fingerprint density at radius 3 is 2.34 bits per heavy atom. The molecule has 0 bridgehead atoms. The predicted octanol–water partition coefficient (Wildman–Crippen LogP) is 5.92. The van der Waals surface area contributed by atoms with Crippen LogP contribution in [0.3, 0.4) is 0 Å². The number of hydrogen-bond acceptors (Lipinski definition) is 3. The fourth-order valence-corrected chi connectivity index (χ4v) is 9.03. The Hall–Kier alpha value is -2.04. The number of carbonyl (C=O) groups is 2. The van der Waals surface area contributed by atoms with Crippen LogP contribution in [-0.2, 0) is 9.59 Å². The van der Waals surface area contributed by atoms with Crippen LogP contribution in [0, 0.1) is 34.5 Å². The van der Waals surface area contributed by atoms with Crippen LogP contribution in [0.1, 0.15) is 79.1 Å². The van der Waals surface area contributed by atoms with Crippen molar-refractivity contribution < 1.29 is 14.3 Å². The van der Waals surface area contributed by atoms with E-state index in [9.17, 15) is 9.59 Å². The highest BCUT2D eigenvalue weighted by atomic mass is 16.5. The van der Waals surface area contributed by atoms with E-state index >= 15 is 0 Å². The standard InChI is InChI=1S/C30H44N2O3/c1-19(2)28(34)32(20-7-9-21(35-6)10-8-20)26-14-12-23-22-11-13-25-29(3,18-16-27(33)31(25)5)24(22)15-17-30(23,26)4/h7-10,19,22-26H,11-18H2,1-6H3/t22?,23?,24?,25-,26+,29-,30+/m1/s1. The molecule has 5 rings (SSSR count). The number of benzene rings is 1. The van der Waals surface area contributed by atoms with E-state index in [-0.39, 0.29) is 28.7 Å². The van der Waals surface area contributed by atoms with E-state index in [1.165, 1.54) is 25.7 Å². The maximum Gasteiger partial charge on any atom is 0.229 e. The van der Waals surface area contributed by atoms with Gasteiger partial charge >= 0.3 is 0 Å². The molecule has 4 aliphatic rings. The number of likely N-dealkylation sites (tertiary alicyclic amines) is 1. The first-order valence-electron chi connectivity index (χ1n) is 13.8. The summed E-state index contributed by atoms with van der Waals surface area (Å²) in [5, 5.41) is 0. The molecule has 7 atom stereocenters. The SMILES string of the molecule is COc1ccc(N(C(=O)C(C)C)[C@H]2CCC3C4CC[C@H]5N(C)C(=O)CC[C@]5(C)C4CC[C@@]32C)cc1. The maximum atomic E-state index is 13.6. The van der Waals surface area contributed by atoms with Crippen molar-refractivity contribution in [3.05, 3.63) is 24.3 Å². The molecule has 35 heavy (non-hydrogen) atoms. The number of anilines is 1. The summed E-state index contributed by atoms with van der Waals surface area (Å²) in [7, 11) is 3.72. The van der Waals surface area contributed by atoms with E-state index in [0.717, 1.165) is 30.7 Å². The van der Waals surface area contributed by atoms with Gasteiger partial charge in [-0.2, -0.15) is 0 Å². The summed E-state index contributed by atoms with van der Waals surface area (Å²) in [6.07, 6.45) is 8.75. The van der Waals surface area contributed by atoms with Crippen LogP contribution in [0.15, 0.2) is 24.3 Å². The van der Waals surface area contributed by atoms with Gasteiger partial charge in [0.15, 0.2) is 0 Å². The first kappa shape index (κ1) is 24.6. The van der Waals surface area contributed by atoms with Crippen LogP contribution in [0.4, 0.5) is 5.69 Å². The summed E-state index contributed by atoms with van der Waals surface area (Å²) in [5.74, 6) is 3.37. The Balaban J connectivity index is 1.45. The van der Waals surface area contributed by atoms with Crippen LogP contribution in [0.2, 0.25) is 0 Å². The van der Waals surface area contributed by atoms with Gasteiger partial charge in [0.1, 0.15) is 5.75 Å². The molecule has 1 heterocycles. The average molecular weight is 481 g/mol. The van der Waals surface area contributed by atoms with Crippen LogP contribution in [-0.4, -0.2) is 43.0 Å². The zero-order valence-corrected chi connectivity index (χ0v) is 22.5. The van der Waals surface area contributed by atoms with Crippen LogP contribution in [0.25, 0.3) is 0 Å². The van der Waals surface area contributed by atoms with Gasteiger partial charge in [-0.3, -0.25) is 9.59 Å². The second-order valence-electron chi connectivity index (χ2n) is 12.7. The zero-order valence-electron chi connectivity index (χ0n) is 22.5. The van der Waals surface area contributed by atoms with Gasteiger partial charge < -0.3 is 14.5 Å². The molecule has 0 radical (unpaired) electrons.